The molecule has 14 heavy (non-hydrogen) atoms. The maximum atomic E-state index is 5.11. The van der Waals surface area contributed by atoms with Crippen LogP contribution in [0.3, 0.4) is 0 Å². The molecule has 1 heterocycles. The molecule has 2 heteroatoms. The van der Waals surface area contributed by atoms with Gasteiger partial charge in [0.15, 0.2) is 0 Å². The van der Waals surface area contributed by atoms with Crippen LogP contribution in [0.1, 0.15) is 18.9 Å². The molecule has 0 atom stereocenters. The van der Waals surface area contributed by atoms with Crippen LogP contribution >= 0.6 is 0 Å². The third-order valence-corrected chi connectivity index (χ3v) is 2.50. The molecular weight excluding hydrogens is 174 g/mol. The lowest BCUT2D eigenvalue weighted by Crippen LogP contribution is -2.40. The van der Waals surface area contributed by atoms with Gasteiger partial charge in [0.1, 0.15) is 0 Å². The highest BCUT2D eigenvalue weighted by atomic mass is 16.5. The Morgan fingerprint density at radius 2 is 2.00 bits per heavy atom. The van der Waals surface area contributed by atoms with Gasteiger partial charge in [-0.3, -0.25) is 0 Å². The van der Waals surface area contributed by atoms with Crippen LogP contribution in [0.25, 0.3) is 0 Å². The van der Waals surface area contributed by atoms with Gasteiger partial charge in [0.2, 0.25) is 0 Å². The van der Waals surface area contributed by atoms with E-state index in [2.05, 4.69) is 36.5 Å². The Morgan fingerprint density at radius 3 is 2.50 bits per heavy atom. The molecule has 2 rings (SSSR count). The predicted molar refractivity (Wildman–Crippen MR) is 58.7 cm³/mol. The zero-order valence-electron chi connectivity index (χ0n) is 8.62. The molecule has 0 unspecified atom stereocenters. The molecule has 1 aromatic carbocycles. The molecule has 1 aliphatic heterocycles. The van der Waals surface area contributed by atoms with Crippen molar-refractivity contribution < 1.29 is 4.74 Å². The first-order valence-corrected chi connectivity index (χ1v) is 5.31. The van der Waals surface area contributed by atoms with E-state index in [1.807, 2.05) is 0 Å². The van der Waals surface area contributed by atoms with Gasteiger partial charge in [-0.1, -0.05) is 25.5 Å². The first-order chi connectivity index (χ1) is 6.88. The van der Waals surface area contributed by atoms with Crippen molar-refractivity contribution in [1.82, 2.24) is 0 Å². The van der Waals surface area contributed by atoms with E-state index in [9.17, 15) is 0 Å². The standard InChI is InChI=1S/C12H17NO/c1-2-3-10-4-6-11(7-5-10)13-12-8-14-9-12/h4-7,12-13H,2-3,8-9H2,1H3. The Labute approximate surface area is 85.3 Å². The van der Waals surface area contributed by atoms with Gasteiger partial charge in [0.25, 0.3) is 0 Å². The van der Waals surface area contributed by atoms with E-state index in [1.165, 1.54) is 24.1 Å². The molecule has 0 spiro atoms. The lowest BCUT2D eigenvalue weighted by atomic mass is 10.1. The minimum Gasteiger partial charge on any atom is -0.378 e. The van der Waals surface area contributed by atoms with Crippen molar-refractivity contribution in [3.8, 4) is 0 Å². The van der Waals surface area contributed by atoms with Crippen molar-refractivity contribution in [3.05, 3.63) is 29.8 Å². The van der Waals surface area contributed by atoms with E-state index >= 15 is 0 Å². The molecule has 0 aliphatic carbocycles. The number of ether oxygens (including phenoxy) is 1. The van der Waals surface area contributed by atoms with Crippen LogP contribution in [0.5, 0.6) is 0 Å². The van der Waals surface area contributed by atoms with Crippen LogP contribution in [0.15, 0.2) is 24.3 Å². The molecule has 76 valence electrons. The van der Waals surface area contributed by atoms with Crippen molar-refractivity contribution in [2.24, 2.45) is 0 Å². The van der Waals surface area contributed by atoms with E-state index in [4.69, 9.17) is 4.74 Å². The molecule has 0 saturated carbocycles. The van der Waals surface area contributed by atoms with E-state index < -0.39 is 0 Å². The van der Waals surface area contributed by atoms with Gasteiger partial charge >= 0.3 is 0 Å². The Bertz CT molecular complexity index is 277. The third-order valence-electron chi connectivity index (χ3n) is 2.50. The summed E-state index contributed by atoms with van der Waals surface area (Å²) in [6.45, 7) is 3.89. The fraction of sp³-hybridized carbons (Fsp3) is 0.500. The van der Waals surface area contributed by atoms with E-state index in [-0.39, 0.29) is 0 Å². The predicted octanol–water partition coefficient (Wildman–Crippen LogP) is 2.45. The quantitative estimate of drug-likeness (QED) is 0.789. The van der Waals surface area contributed by atoms with Crippen LogP contribution in [-0.2, 0) is 11.2 Å². The molecule has 2 nitrogen and oxygen atoms in total. The maximum absolute atomic E-state index is 5.11. The fourth-order valence-corrected chi connectivity index (χ4v) is 1.61. The van der Waals surface area contributed by atoms with Gasteiger partial charge < -0.3 is 10.1 Å². The first kappa shape index (κ1) is 9.53. The SMILES string of the molecule is CCCc1ccc(NC2COC2)cc1. The van der Waals surface area contributed by atoms with Gasteiger partial charge in [-0.25, -0.2) is 0 Å². The summed E-state index contributed by atoms with van der Waals surface area (Å²) in [5.41, 5.74) is 2.63. The summed E-state index contributed by atoms with van der Waals surface area (Å²) in [5.74, 6) is 0. The van der Waals surface area contributed by atoms with Crippen molar-refractivity contribution >= 4 is 5.69 Å². The highest BCUT2D eigenvalue weighted by molar-refractivity contribution is 5.45. The van der Waals surface area contributed by atoms with Gasteiger partial charge in [-0.15, -0.1) is 0 Å². The highest BCUT2D eigenvalue weighted by Gasteiger charge is 2.17. The summed E-state index contributed by atoms with van der Waals surface area (Å²) in [6.07, 6.45) is 2.38. The monoisotopic (exact) mass is 191 g/mol. The molecule has 1 aromatic rings. The minimum absolute atomic E-state index is 0.520. The largest absolute Gasteiger partial charge is 0.378 e. The lowest BCUT2D eigenvalue weighted by molar-refractivity contribution is 0.0211. The smallest absolute Gasteiger partial charge is 0.0728 e. The van der Waals surface area contributed by atoms with Crippen molar-refractivity contribution in [1.29, 1.82) is 0 Å². The number of aryl methyl sites for hydroxylation is 1. The first-order valence-electron chi connectivity index (χ1n) is 5.31. The van der Waals surface area contributed by atoms with Gasteiger partial charge in [-0.05, 0) is 24.1 Å². The van der Waals surface area contributed by atoms with Crippen LogP contribution in [-0.4, -0.2) is 19.3 Å². The summed E-state index contributed by atoms with van der Waals surface area (Å²) in [6, 6.07) is 9.23. The average Bonchev–Trinajstić information content (AvgIpc) is 2.14. The molecule has 1 N–H and O–H groups in total. The number of hydrogen-bond acceptors (Lipinski definition) is 2. The number of rotatable bonds is 4. The molecule has 0 bridgehead atoms. The van der Waals surface area contributed by atoms with Gasteiger partial charge in [-0.2, -0.15) is 0 Å². The number of anilines is 1. The van der Waals surface area contributed by atoms with E-state index in [0.717, 1.165) is 13.2 Å². The van der Waals surface area contributed by atoms with Crippen molar-refractivity contribution in [2.45, 2.75) is 25.8 Å². The van der Waals surface area contributed by atoms with Gasteiger partial charge in [0.05, 0.1) is 19.3 Å². The van der Waals surface area contributed by atoms with Crippen LogP contribution in [0, 0.1) is 0 Å². The topological polar surface area (TPSA) is 21.3 Å². The van der Waals surface area contributed by atoms with Gasteiger partial charge in [0, 0.05) is 5.69 Å². The van der Waals surface area contributed by atoms with Crippen LogP contribution < -0.4 is 5.32 Å². The Morgan fingerprint density at radius 1 is 1.29 bits per heavy atom. The molecular formula is C12H17NO. The zero-order chi connectivity index (χ0) is 9.80. The third kappa shape index (κ3) is 2.26. The second-order valence-corrected chi connectivity index (χ2v) is 3.83. The lowest BCUT2D eigenvalue weighted by Gasteiger charge is -2.27. The second kappa shape index (κ2) is 4.47. The Balaban J connectivity index is 1.91. The fourth-order valence-electron chi connectivity index (χ4n) is 1.61. The molecule has 0 amide bonds. The molecule has 0 aromatic heterocycles. The van der Waals surface area contributed by atoms with E-state index in [0.29, 0.717) is 6.04 Å². The summed E-state index contributed by atoms with van der Waals surface area (Å²) >= 11 is 0. The summed E-state index contributed by atoms with van der Waals surface area (Å²) < 4.78 is 5.11. The Hall–Kier alpha value is -1.02. The summed E-state index contributed by atoms with van der Waals surface area (Å²) in [7, 11) is 0. The van der Waals surface area contributed by atoms with Crippen molar-refractivity contribution in [2.75, 3.05) is 18.5 Å². The molecule has 1 aliphatic rings. The minimum atomic E-state index is 0.520. The zero-order valence-corrected chi connectivity index (χ0v) is 8.62. The van der Waals surface area contributed by atoms with Crippen molar-refractivity contribution in [3.63, 3.8) is 0 Å². The molecule has 1 fully saturated rings. The number of benzene rings is 1. The van der Waals surface area contributed by atoms with Crippen LogP contribution in [0.2, 0.25) is 0 Å². The highest BCUT2D eigenvalue weighted by Crippen LogP contribution is 2.14. The average molecular weight is 191 g/mol. The van der Waals surface area contributed by atoms with E-state index in [1.54, 1.807) is 0 Å². The normalized spacial score (nSPS) is 16.4. The van der Waals surface area contributed by atoms with Crippen LogP contribution in [0.4, 0.5) is 5.69 Å². The summed E-state index contributed by atoms with van der Waals surface area (Å²) in [4.78, 5) is 0. The summed E-state index contributed by atoms with van der Waals surface area (Å²) in [5, 5.41) is 3.42. The second-order valence-electron chi connectivity index (χ2n) is 3.83. The number of nitrogens with one attached hydrogen (secondary N) is 1. The maximum Gasteiger partial charge on any atom is 0.0728 e. The molecule has 1 saturated heterocycles. The Kier molecular flexibility index (Phi) is 3.04. The number of hydrogen-bond donors (Lipinski definition) is 1. The molecule has 0 radical (unpaired) electrons.